The lowest BCUT2D eigenvalue weighted by Gasteiger charge is -2.37. The zero-order chi connectivity index (χ0) is 19.6. The maximum Gasteiger partial charge on any atom is 0.245 e. The summed E-state index contributed by atoms with van der Waals surface area (Å²) in [5, 5.41) is 0. The van der Waals surface area contributed by atoms with Crippen LogP contribution in [0, 0.1) is 5.82 Å². The Bertz CT molecular complexity index is 846. The Morgan fingerprint density at radius 1 is 1.36 bits per heavy atom. The first-order chi connectivity index (χ1) is 12.9. The third-order valence-electron chi connectivity index (χ3n) is 5.16. The van der Waals surface area contributed by atoms with E-state index in [4.69, 9.17) is 10.5 Å². The van der Waals surface area contributed by atoms with E-state index in [9.17, 15) is 9.18 Å². The van der Waals surface area contributed by atoms with Gasteiger partial charge < -0.3 is 20.3 Å². The number of likely N-dealkylation sites (N-methyl/N-ethyl adjacent to an activating group) is 1. The second kappa shape index (κ2) is 9.15. The largest absolute Gasteiger partial charge is 0.494 e. The standard InChI is InChI=1S/C21H26FN3O2.ClH/c1-14(25-11-5-6-16-18(23)7-4-8-19(16)25)21(26)24(2)13-15-9-10-20(27-3)17(22)12-15;/h4,7-10,12,14H,5-6,11,13,23H2,1-3H3;1H. The molecule has 2 N–H and O–H groups in total. The maximum atomic E-state index is 13.9. The molecule has 1 amide bonds. The van der Waals surface area contributed by atoms with Crippen LogP contribution in [0.4, 0.5) is 15.8 Å². The van der Waals surface area contributed by atoms with Crippen molar-refractivity contribution in [2.45, 2.75) is 32.4 Å². The SMILES string of the molecule is COc1ccc(CN(C)C(=O)C(C)N2CCCc3c(N)cccc32)cc1F.Cl. The van der Waals surface area contributed by atoms with Crippen LogP contribution in [0.15, 0.2) is 36.4 Å². The molecule has 0 saturated heterocycles. The number of nitrogens with two attached hydrogens (primary N) is 1. The summed E-state index contributed by atoms with van der Waals surface area (Å²) in [5.41, 5.74) is 9.76. The second-order valence-corrected chi connectivity index (χ2v) is 6.98. The lowest BCUT2D eigenvalue weighted by atomic mass is 9.98. The molecule has 1 atom stereocenters. The highest BCUT2D eigenvalue weighted by Crippen LogP contribution is 2.32. The van der Waals surface area contributed by atoms with Crippen LogP contribution in [0.1, 0.15) is 24.5 Å². The molecule has 5 nitrogen and oxygen atoms in total. The monoisotopic (exact) mass is 407 g/mol. The Labute approximate surface area is 171 Å². The number of nitrogen functional groups attached to an aromatic ring is 1. The van der Waals surface area contributed by atoms with Gasteiger partial charge in [-0.2, -0.15) is 0 Å². The zero-order valence-corrected chi connectivity index (χ0v) is 17.3. The number of halogens is 2. The van der Waals surface area contributed by atoms with Crippen molar-refractivity contribution in [3.63, 3.8) is 0 Å². The van der Waals surface area contributed by atoms with Crippen LogP contribution in [-0.4, -0.2) is 37.6 Å². The van der Waals surface area contributed by atoms with Gasteiger partial charge in [-0.3, -0.25) is 4.79 Å². The Balaban J connectivity index is 0.00000280. The molecule has 1 unspecified atom stereocenters. The number of hydrogen-bond acceptors (Lipinski definition) is 4. The van der Waals surface area contributed by atoms with Gasteiger partial charge in [-0.15, -0.1) is 12.4 Å². The molecule has 7 heteroatoms. The molecule has 0 fully saturated rings. The Kier molecular flexibility index (Phi) is 7.13. The number of amides is 1. The summed E-state index contributed by atoms with van der Waals surface area (Å²) >= 11 is 0. The van der Waals surface area contributed by atoms with Crippen molar-refractivity contribution < 1.29 is 13.9 Å². The topological polar surface area (TPSA) is 58.8 Å². The molecule has 152 valence electrons. The van der Waals surface area contributed by atoms with Crippen LogP contribution in [0.25, 0.3) is 0 Å². The molecule has 1 aliphatic heterocycles. The van der Waals surface area contributed by atoms with E-state index >= 15 is 0 Å². The highest BCUT2D eigenvalue weighted by molar-refractivity contribution is 5.86. The van der Waals surface area contributed by atoms with Crippen LogP contribution in [0.5, 0.6) is 5.75 Å². The minimum atomic E-state index is -0.427. The van der Waals surface area contributed by atoms with Gasteiger partial charge in [-0.1, -0.05) is 12.1 Å². The van der Waals surface area contributed by atoms with Crippen LogP contribution in [0.3, 0.4) is 0 Å². The first-order valence-electron chi connectivity index (χ1n) is 9.13. The second-order valence-electron chi connectivity index (χ2n) is 6.98. The number of anilines is 2. The summed E-state index contributed by atoms with van der Waals surface area (Å²) in [7, 11) is 3.17. The van der Waals surface area contributed by atoms with Gasteiger partial charge in [0.25, 0.3) is 0 Å². The predicted octanol–water partition coefficient (Wildman–Crippen LogP) is 3.64. The van der Waals surface area contributed by atoms with E-state index in [2.05, 4.69) is 4.90 Å². The van der Waals surface area contributed by atoms with Gasteiger partial charge in [0.2, 0.25) is 5.91 Å². The summed E-state index contributed by atoms with van der Waals surface area (Å²) in [6.07, 6.45) is 1.90. The van der Waals surface area contributed by atoms with Gasteiger partial charge in [-0.05, 0) is 55.2 Å². The molecular formula is C21H27ClFN3O2. The van der Waals surface area contributed by atoms with Crippen molar-refractivity contribution in [3.8, 4) is 5.75 Å². The number of ether oxygens (including phenoxy) is 1. The average molecular weight is 408 g/mol. The average Bonchev–Trinajstić information content (AvgIpc) is 2.67. The lowest BCUT2D eigenvalue weighted by molar-refractivity contribution is -0.131. The number of benzene rings is 2. The number of carbonyl (C=O) groups is 1. The third-order valence-corrected chi connectivity index (χ3v) is 5.16. The van der Waals surface area contributed by atoms with Gasteiger partial charge in [0, 0.05) is 31.5 Å². The number of nitrogens with zero attached hydrogens (tertiary/aromatic N) is 2. The van der Waals surface area contributed by atoms with Gasteiger partial charge in [-0.25, -0.2) is 4.39 Å². The predicted molar refractivity (Wildman–Crippen MR) is 113 cm³/mol. The van der Waals surface area contributed by atoms with Gasteiger partial charge >= 0.3 is 0 Å². The number of methoxy groups -OCH3 is 1. The number of carbonyl (C=O) groups excluding carboxylic acids is 1. The Morgan fingerprint density at radius 2 is 2.11 bits per heavy atom. The third kappa shape index (κ3) is 4.33. The molecule has 0 saturated carbocycles. The fourth-order valence-electron chi connectivity index (χ4n) is 3.69. The van der Waals surface area contributed by atoms with E-state index in [0.29, 0.717) is 6.54 Å². The number of hydrogen-bond donors (Lipinski definition) is 1. The fraction of sp³-hybridized carbons (Fsp3) is 0.381. The quantitative estimate of drug-likeness (QED) is 0.769. The van der Waals surface area contributed by atoms with Crippen molar-refractivity contribution in [2.24, 2.45) is 0 Å². The minimum Gasteiger partial charge on any atom is -0.494 e. The molecule has 2 aromatic rings. The van der Waals surface area contributed by atoms with Crippen molar-refractivity contribution in [3.05, 3.63) is 53.3 Å². The fourth-order valence-corrected chi connectivity index (χ4v) is 3.69. The normalized spacial score (nSPS) is 13.9. The summed E-state index contributed by atoms with van der Waals surface area (Å²) in [6.45, 7) is 3.06. The van der Waals surface area contributed by atoms with E-state index in [1.807, 2.05) is 25.1 Å². The lowest BCUT2D eigenvalue weighted by Crippen LogP contribution is -2.47. The molecule has 0 spiro atoms. The van der Waals surface area contributed by atoms with E-state index in [1.54, 1.807) is 24.1 Å². The van der Waals surface area contributed by atoms with E-state index in [0.717, 1.165) is 41.9 Å². The highest BCUT2D eigenvalue weighted by atomic mass is 35.5. The minimum absolute atomic E-state index is 0. The van der Waals surface area contributed by atoms with Crippen molar-refractivity contribution in [1.82, 2.24) is 4.90 Å². The van der Waals surface area contributed by atoms with Crippen LogP contribution in [-0.2, 0) is 17.8 Å². The van der Waals surface area contributed by atoms with Crippen LogP contribution >= 0.6 is 12.4 Å². The van der Waals surface area contributed by atoms with Gasteiger partial charge in [0.05, 0.1) is 7.11 Å². The molecule has 0 aromatic heterocycles. The van der Waals surface area contributed by atoms with Crippen LogP contribution in [0.2, 0.25) is 0 Å². The smallest absolute Gasteiger partial charge is 0.245 e. The maximum absolute atomic E-state index is 13.9. The van der Waals surface area contributed by atoms with Gasteiger partial charge in [0.15, 0.2) is 11.6 Å². The first-order valence-corrected chi connectivity index (χ1v) is 9.13. The van der Waals surface area contributed by atoms with Crippen molar-refractivity contribution >= 4 is 29.7 Å². The Hall–Kier alpha value is -2.47. The molecule has 0 aliphatic carbocycles. The van der Waals surface area contributed by atoms with Gasteiger partial charge in [0.1, 0.15) is 6.04 Å². The molecule has 3 rings (SSSR count). The Morgan fingerprint density at radius 3 is 2.79 bits per heavy atom. The molecule has 2 aromatic carbocycles. The van der Waals surface area contributed by atoms with Crippen molar-refractivity contribution in [2.75, 3.05) is 31.3 Å². The molecule has 0 radical (unpaired) electrons. The van der Waals surface area contributed by atoms with E-state index in [-0.39, 0.29) is 30.1 Å². The number of fused-ring (bicyclic) bond motifs is 1. The molecule has 0 bridgehead atoms. The highest BCUT2D eigenvalue weighted by Gasteiger charge is 2.28. The van der Waals surface area contributed by atoms with E-state index in [1.165, 1.54) is 13.2 Å². The molecule has 1 heterocycles. The molecular weight excluding hydrogens is 381 g/mol. The van der Waals surface area contributed by atoms with Crippen molar-refractivity contribution in [1.29, 1.82) is 0 Å². The zero-order valence-electron chi connectivity index (χ0n) is 16.4. The summed E-state index contributed by atoms with van der Waals surface area (Å²) in [5.74, 6) is -0.241. The summed E-state index contributed by atoms with van der Waals surface area (Å²) in [4.78, 5) is 16.7. The van der Waals surface area contributed by atoms with Crippen LogP contribution < -0.4 is 15.4 Å². The first kappa shape index (κ1) is 21.8. The summed E-state index contributed by atoms with van der Waals surface area (Å²) in [6, 6.07) is 10.3. The molecule has 28 heavy (non-hydrogen) atoms. The van der Waals surface area contributed by atoms with E-state index < -0.39 is 5.82 Å². The number of rotatable bonds is 5. The molecule has 1 aliphatic rings. The summed E-state index contributed by atoms with van der Waals surface area (Å²) < 4.78 is 18.8.